The monoisotopic (exact) mass is 520 g/mol. The number of nitrogens with two attached hydrogens (primary N) is 1. The van der Waals surface area contributed by atoms with Crippen molar-refractivity contribution in [1.82, 2.24) is 35.5 Å². The number of nitrogens with one attached hydrogen (secondary N) is 4. The first kappa shape index (κ1) is 27.2. The molecular formula is C22H32N8O5S. The number of carboxylic acids is 1. The maximum Gasteiger partial charge on any atom is 0.326 e. The van der Waals surface area contributed by atoms with Gasteiger partial charge in [-0.3, -0.25) is 14.4 Å². The molecule has 3 amide bonds. The van der Waals surface area contributed by atoms with Gasteiger partial charge < -0.3 is 36.3 Å². The van der Waals surface area contributed by atoms with E-state index in [2.05, 4.69) is 30.6 Å². The van der Waals surface area contributed by atoms with E-state index in [-0.39, 0.29) is 18.7 Å². The molecule has 1 fully saturated rings. The summed E-state index contributed by atoms with van der Waals surface area (Å²) in [6.07, 6.45) is 9.53. The Kier molecular flexibility index (Phi) is 9.87. The molecule has 3 rings (SSSR count). The zero-order valence-electron chi connectivity index (χ0n) is 20.0. The molecule has 1 aliphatic rings. The minimum atomic E-state index is -1.20. The Bertz CT molecular complexity index is 1020. The van der Waals surface area contributed by atoms with Crippen molar-refractivity contribution in [3.8, 4) is 0 Å². The Morgan fingerprint density at radius 1 is 1.14 bits per heavy atom. The van der Waals surface area contributed by atoms with Crippen LogP contribution in [0.5, 0.6) is 0 Å². The van der Waals surface area contributed by atoms with Crippen LogP contribution in [0, 0.1) is 0 Å². The number of nitrogens with zero attached hydrogens (tertiary/aromatic N) is 3. The van der Waals surface area contributed by atoms with Gasteiger partial charge in [0.2, 0.25) is 17.7 Å². The zero-order valence-corrected chi connectivity index (χ0v) is 20.8. The number of rotatable bonds is 13. The number of carbonyl (C=O) groups excluding carboxylic acids is 3. The van der Waals surface area contributed by atoms with Gasteiger partial charge in [-0.1, -0.05) is 0 Å². The summed E-state index contributed by atoms with van der Waals surface area (Å²) < 4.78 is 0. The van der Waals surface area contributed by atoms with Gasteiger partial charge >= 0.3 is 5.97 Å². The van der Waals surface area contributed by atoms with Crippen molar-refractivity contribution in [2.24, 2.45) is 5.73 Å². The lowest BCUT2D eigenvalue weighted by atomic mass is 10.1. The summed E-state index contributed by atoms with van der Waals surface area (Å²) in [5.41, 5.74) is 7.37. The molecule has 4 atom stereocenters. The highest BCUT2D eigenvalue weighted by molar-refractivity contribution is 7.98. The maximum atomic E-state index is 13.2. The van der Waals surface area contributed by atoms with Gasteiger partial charge in [0.25, 0.3) is 0 Å². The smallest absolute Gasteiger partial charge is 0.326 e. The van der Waals surface area contributed by atoms with Crippen molar-refractivity contribution >= 4 is 35.5 Å². The highest BCUT2D eigenvalue weighted by Crippen LogP contribution is 2.19. The van der Waals surface area contributed by atoms with Crippen LogP contribution in [0.3, 0.4) is 0 Å². The van der Waals surface area contributed by atoms with Crippen molar-refractivity contribution in [3.05, 3.63) is 36.4 Å². The van der Waals surface area contributed by atoms with E-state index in [1.54, 1.807) is 6.20 Å². The molecule has 14 heteroatoms. The minimum absolute atomic E-state index is 0.0173. The lowest BCUT2D eigenvalue weighted by Crippen LogP contribution is -2.57. The fourth-order valence-electron chi connectivity index (χ4n) is 4.10. The molecule has 0 saturated carbocycles. The highest BCUT2D eigenvalue weighted by Gasteiger charge is 2.38. The third kappa shape index (κ3) is 7.31. The molecule has 0 aliphatic carbocycles. The lowest BCUT2D eigenvalue weighted by Gasteiger charge is -2.28. The van der Waals surface area contributed by atoms with Gasteiger partial charge in [-0.15, -0.1) is 0 Å². The molecule has 1 aliphatic heterocycles. The van der Waals surface area contributed by atoms with Gasteiger partial charge in [0.15, 0.2) is 0 Å². The maximum absolute atomic E-state index is 13.2. The van der Waals surface area contributed by atoms with Crippen LogP contribution >= 0.6 is 11.8 Å². The van der Waals surface area contributed by atoms with Crippen molar-refractivity contribution in [2.75, 3.05) is 18.6 Å². The van der Waals surface area contributed by atoms with Crippen LogP contribution in [0.2, 0.25) is 0 Å². The SMILES string of the molecule is CSCCC(NC(=O)C1CCCN1C(=O)C(N)Cc1cnc[nH]1)C(=O)NC(Cc1cnc[nH]1)C(=O)O. The summed E-state index contributed by atoms with van der Waals surface area (Å²) in [7, 11) is 0. The first-order chi connectivity index (χ1) is 17.3. The summed E-state index contributed by atoms with van der Waals surface area (Å²) in [5, 5.41) is 14.8. The number of thioether (sulfide) groups is 1. The molecule has 2 aromatic rings. The predicted octanol–water partition coefficient (Wildman–Crippen LogP) is -0.956. The molecule has 0 bridgehead atoms. The predicted molar refractivity (Wildman–Crippen MR) is 132 cm³/mol. The molecule has 13 nitrogen and oxygen atoms in total. The highest BCUT2D eigenvalue weighted by atomic mass is 32.2. The fraction of sp³-hybridized carbons (Fsp3) is 0.545. The Labute approximate surface area is 212 Å². The Balaban J connectivity index is 1.64. The van der Waals surface area contributed by atoms with E-state index >= 15 is 0 Å². The molecule has 1 saturated heterocycles. The summed E-state index contributed by atoms with van der Waals surface area (Å²) in [5.74, 6) is -2.05. The van der Waals surface area contributed by atoms with E-state index in [1.807, 2.05) is 6.26 Å². The number of aliphatic carboxylic acids is 1. The molecule has 7 N–H and O–H groups in total. The van der Waals surface area contributed by atoms with E-state index in [4.69, 9.17) is 5.73 Å². The molecule has 36 heavy (non-hydrogen) atoms. The van der Waals surface area contributed by atoms with E-state index in [1.165, 1.54) is 35.5 Å². The van der Waals surface area contributed by atoms with E-state index in [0.717, 1.165) is 0 Å². The number of imidazole rings is 2. The quantitative estimate of drug-likeness (QED) is 0.192. The lowest BCUT2D eigenvalue weighted by molar-refractivity contribution is -0.143. The minimum Gasteiger partial charge on any atom is -0.480 e. The van der Waals surface area contributed by atoms with E-state index in [9.17, 15) is 24.3 Å². The number of aromatic nitrogens is 4. The van der Waals surface area contributed by atoms with Crippen molar-refractivity contribution in [3.63, 3.8) is 0 Å². The van der Waals surface area contributed by atoms with Crippen LogP contribution in [0.25, 0.3) is 0 Å². The zero-order chi connectivity index (χ0) is 26.1. The van der Waals surface area contributed by atoms with Crippen molar-refractivity contribution < 1.29 is 24.3 Å². The standard InChI is InChI=1S/C22H32N8O5S/c1-36-6-4-16(19(31)29-17(22(34)35)8-14-10-25-12-27-14)28-20(32)18-3-2-5-30(18)21(33)15(23)7-13-9-24-11-26-13/h9-12,15-18H,2-8,23H2,1H3,(H,24,26)(H,25,27)(H,28,32)(H,29,31)(H,34,35). The van der Waals surface area contributed by atoms with Crippen LogP contribution in [0.4, 0.5) is 0 Å². The Morgan fingerprint density at radius 3 is 2.39 bits per heavy atom. The average molecular weight is 521 g/mol. The number of aromatic amines is 2. The second kappa shape index (κ2) is 13.1. The summed E-state index contributed by atoms with van der Waals surface area (Å²) in [4.78, 5) is 65.8. The summed E-state index contributed by atoms with van der Waals surface area (Å²) in [6, 6.07) is -3.75. The molecule has 0 radical (unpaired) electrons. The molecule has 3 heterocycles. The van der Waals surface area contributed by atoms with E-state index in [0.29, 0.717) is 42.9 Å². The topological polar surface area (TPSA) is 199 Å². The van der Waals surface area contributed by atoms with Gasteiger partial charge in [-0.05, 0) is 31.3 Å². The Morgan fingerprint density at radius 2 is 1.81 bits per heavy atom. The van der Waals surface area contributed by atoms with Gasteiger partial charge in [0, 0.05) is 43.2 Å². The normalized spacial score (nSPS) is 17.8. The van der Waals surface area contributed by atoms with Crippen LogP contribution in [0.1, 0.15) is 30.7 Å². The molecule has 0 spiro atoms. The summed E-state index contributed by atoms with van der Waals surface area (Å²) >= 11 is 1.50. The van der Waals surface area contributed by atoms with Crippen LogP contribution < -0.4 is 16.4 Å². The molecule has 0 aromatic carbocycles. The van der Waals surface area contributed by atoms with Gasteiger partial charge in [0.1, 0.15) is 18.1 Å². The number of amides is 3. The average Bonchev–Trinajstić information content (AvgIpc) is 3.63. The van der Waals surface area contributed by atoms with Gasteiger partial charge in [-0.2, -0.15) is 11.8 Å². The first-order valence-corrected chi connectivity index (χ1v) is 13.0. The second-order valence-corrected chi connectivity index (χ2v) is 9.59. The summed E-state index contributed by atoms with van der Waals surface area (Å²) in [6.45, 7) is 0.389. The van der Waals surface area contributed by atoms with Crippen LogP contribution in [-0.4, -0.2) is 96.4 Å². The van der Waals surface area contributed by atoms with E-state index < -0.39 is 42.0 Å². The molecule has 2 aromatic heterocycles. The van der Waals surface area contributed by atoms with Crippen LogP contribution in [0.15, 0.2) is 25.0 Å². The third-order valence-electron chi connectivity index (χ3n) is 5.99. The number of likely N-dealkylation sites (tertiary alicyclic amines) is 1. The fourth-order valence-corrected chi connectivity index (χ4v) is 4.57. The first-order valence-electron chi connectivity index (χ1n) is 11.6. The number of H-pyrrole nitrogens is 2. The number of carboxylic acid groups (broad SMARTS) is 1. The second-order valence-electron chi connectivity index (χ2n) is 8.60. The Hall–Kier alpha value is -3.39. The van der Waals surface area contributed by atoms with Gasteiger partial charge in [-0.25, -0.2) is 14.8 Å². The van der Waals surface area contributed by atoms with Gasteiger partial charge in [0.05, 0.1) is 18.7 Å². The van der Waals surface area contributed by atoms with Crippen LogP contribution in [-0.2, 0) is 32.0 Å². The molecular weight excluding hydrogens is 488 g/mol. The van der Waals surface area contributed by atoms with Crippen molar-refractivity contribution in [2.45, 2.75) is 56.3 Å². The molecule has 4 unspecified atom stereocenters. The number of carbonyl (C=O) groups is 4. The third-order valence-corrected chi connectivity index (χ3v) is 6.63. The number of hydrogen-bond donors (Lipinski definition) is 6. The number of hydrogen-bond acceptors (Lipinski definition) is 8. The van der Waals surface area contributed by atoms with Crippen molar-refractivity contribution in [1.29, 1.82) is 0 Å². The molecule has 196 valence electrons. The largest absolute Gasteiger partial charge is 0.480 e.